The standard InChI is InChI=1S/C35H68O12/c1-3-5-6-7-8-9-10-11-12-13-35(36)47-34-33-46-32-31-45-30-29-44-28-27-43-26-25-42-24-23-41-22-21-40-20-19-39-18-17-38-16-15-37-14-4-2/h4H,2-3,5-34H2,1H3. The number of carbonyl (C=O) groups is 1. The Morgan fingerprint density at radius 2 is 0.681 bits per heavy atom. The lowest BCUT2D eigenvalue weighted by Gasteiger charge is -2.09. The molecule has 0 heterocycles. The second-order valence-corrected chi connectivity index (χ2v) is 10.7. The van der Waals surface area contributed by atoms with Crippen LogP contribution in [0.5, 0.6) is 0 Å². The van der Waals surface area contributed by atoms with Crippen molar-refractivity contribution in [3.05, 3.63) is 12.7 Å². The number of unbranched alkanes of at least 4 members (excludes halogenated alkanes) is 8. The maximum absolute atomic E-state index is 11.8. The third-order valence-electron chi connectivity index (χ3n) is 6.56. The van der Waals surface area contributed by atoms with Gasteiger partial charge in [-0.3, -0.25) is 4.79 Å². The number of carbonyl (C=O) groups excluding carboxylic acids is 1. The lowest BCUT2D eigenvalue weighted by molar-refractivity contribution is -0.145. The van der Waals surface area contributed by atoms with E-state index in [0.717, 1.165) is 12.8 Å². The number of hydrogen-bond donors (Lipinski definition) is 0. The zero-order chi connectivity index (χ0) is 34.0. The maximum Gasteiger partial charge on any atom is 0.305 e. The summed E-state index contributed by atoms with van der Waals surface area (Å²) in [6.45, 7) is 16.2. The molecular formula is C35H68O12. The van der Waals surface area contributed by atoms with Gasteiger partial charge in [0.05, 0.1) is 132 Å². The topological polar surface area (TPSA) is 119 Å². The SMILES string of the molecule is C=CCOCCOCCOCCOCCOCCOCCOCCOCCOCCOCCOC(=O)CCCCCCCCCCC. The van der Waals surface area contributed by atoms with Gasteiger partial charge in [0.15, 0.2) is 0 Å². The lowest BCUT2D eigenvalue weighted by Crippen LogP contribution is -2.15. The van der Waals surface area contributed by atoms with E-state index in [1.807, 2.05) is 0 Å². The van der Waals surface area contributed by atoms with Crippen molar-refractivity contribution in [2.75, 3.05) is 139 Å². The van der Waals surface area contributed by atoms with Gasteiger partial charge in [-0.05, 0) is 6.42 Å². The minimum Gasteiger partial charge on any atom is -0.463 e. The zero-order valence-electron chi connectivity index (χ0n) is 29.6. The highest BCUT2D eigenvalue weighted by molar-refractivity contribution is 5.69. The molecule has 0 rings (SSSR count). The van der Waals surface area contributed by atoms with Crippen LogP contribution in [0.1, 0.15) is 71.1 Å². The summed E-state index contributed by atoms with van der Waals surface area (Å²) in [6.07, 6.45) is 13.3. The average Bonchev–Trinajstić information content (AvgIpc) is 3.08. The Balaban J connectivity index is 3.11. The van der Waals surface area contributed by atoms with Crippen molar-refractivity contribution in [2.24, 2.45) is 0 Å². The molecule has 12 nitrogen and oxygen atoms in total. The van der Waals surface area contributed by atoms with Crippen LogP contribution in [0.2, 0.25) is 0 Å². The highest BCUT2D eigenvalue weighted by atomic mass is 16.6. The van der Waals surface area contributed by atoms with E-state index in [4.69, 9.17) is 52.1 Å². The molecule has 12 heteroatoms. The van der Waals surface area contributed by atoms with Crippen molar-refractivity contribution in [1.29, 1.82) is 0 Å². The Labute approximate surface area is 285 Å². The fourth-order valence-electron chi connectivity index (χ4n) is 4.01. The Bertz CT molecular complexity index is 611. The fraction of sp³-hybridized carbons (Fsp3) is 0.914. The van der Waals surface area contributed by atoms with Gasteiger partial charge in [0.2, 0.25) is 0 Å². The summed E-state index contributed by atoms with van der Waals surface area (Å²) < 4.78 is 59.5. The largest absolute Gasteiger partial charge is 0.463 e. The molecule has 0 aromatic rings. The van der Waals surface area contributed by atoms with E-state index in [9.17, 15) is 4.79 Å². The molecule has 0 aliphatic heterocycles. The van der Waals surface area contributed by atoms with E-state index in [1.165, 1.54) is 44.9 Å². The molecule has 0 aliphatic rings. The van der Waals surface area contributed by atoms with E-state index in [-0.39, 0.29) is 12.6 Å². The van der Waals surface area contributed by atoms with E-state index in [2.05, 4.69) is 13.5 Å². The van der Waals surface area contributed by atoms with Gasteiger partial charge >= 0.3 is 5.97 Å². The summed E-state index contributed by atoms with van der Waals surface area (Å²) in [6, 6.07) is 0. The summed E-state index contributed by atoms with van der Waals surface area (Å²) in [5, 5.41) is 0. The van der Waals surface area contributed by atoms with Gasteiger partial charge in [0.25, 0.3) is 0 Å². The lowest BCUT2D eigenvalue weighted by atomic mass is 10.1. The van der Waals surface area contributed by atoms with Gasteiger partial charge in [-0.1, -0.05) is 64.4 Å². The maximum atomic E-state index is 11.8. The molecule has 0 atom stereocenters. The summed E-state index contributed by atoms with van der Waals surface area (Å²) in [4.78, 5) is 11.8. The van der Waals surface area contributed by atoms with Crippen LogP contribution in [0.25, 0.3) is 0 Å². The van der Waals surface area contributed by atoms with E-state index < -0.39 is 0 Å². The Kier molecular flexibility index (Phi) is 41.7. The molecule has 0 aliphatic carbocycles. The number of hydrogen-bond acceptors (Lipinski definition) is 12. The quantitative estimate of drug-likeness (QED) is 0.0501. The van der Waals surface area contributed by atoms with Crippen molar-refractivity contribution in [3.8, 4) is 0 Å². The van der Waals surface area contributed by atoms with Gasteiger partial charge in [0.1, 0.15) is 6.61 Å². The molecule has 0 unspecified atom stereocenters. The zero-order valence-corrected chi connectivity index (χ0v) is 29.6. The first-order valence-electron chi connectivity index (χ1n) is 17.8. The summed E-state index contributed by atoms with van der Waals surface area (Å²) in [7, 11) is 0. The van der Waals surface area contributed by atoms with Crippen molar-refractivity contribution < 1.29 is 56.9 Å². The molecule has 0 aromatic carbocycles. The third kappa shape index (κ3) is 42.8. The molecule has 0 amide bonds. The van der Waals surface area contributed by atoms with Crippen LogP contribution in [0.3, 0.4) is 0 Å². The van der Waals surface area contributed by atoms with Crippen LogP contribution >= 0.6 is 0 Å². The Morgan fingerprint density at radius 1 is 0.404 bits per heavy atom. The van der Waals surface area contributed by atoms with E-state index >= 15 is 0 Å². The average molecular weight is 681 g/mol. The Hall–Kier alpha value is -1.19. The second-order valence-electron chi connectivity index (χ2n) is 10.7. The highest BCUT2D eigenvalue weighted by Gasteiger charge is 2.03. The van der Waals surface area contributed by atoms with Gasteiger partial charge in [-0.15, -0.1) is 6.58 Å². The van der Waals surface area contributed by atoms with E-state index in [0.29, 0.717) is 139 Å². The third-order valence-corrected chi connectivity index (χ3v) is 6.56. The minimum absolute atomic E-state index is 0.136. The predicted octanol–water partition coefficient (Wildman–Crippen LogP) is 4.80. The van der Waals surface area contributed by atoms with Crippen molar-refractivity contribution in [1.82, 2.24) is 0 Å². The van der Waals surface area contributed by atoms with Crippen molar-refractivity contribution >= 4 is 5.97 Å². The summed E-state index contributed by atoms with van der Waals surface area (Å²) in [5.41, 5.74) is 0. The summed E-state index contributed by atoms with van der Waals surface area (Å²) in [5.74, 6) is -0.136. The predicted molar refractivity (Wildman–Crippen MR) is 181 cm³/mol. The molecule has 0 saturated carbocycles. The first kappa shape index (κ1) is 45.8. The first-order valence-corrected chi connectivity index (χ1v) is 17.8. The molecule has 0 bridgehead atoms. The van der Waals surface area contributed by atoms with Gasteiger partial charge < -0.3 is 52.1 Å². The molecule has 0 spiro atoms. The van der Waals surface area contributed by atoms with E-state index in [1.54, 1.807) is 6.08 Å². The molecule has 0 radical (unpaired) electrons. The van der Waals surface area contributed by atoms with Crippen LogP contribution in [0.15, 0.2) is 12.7 Å². The molecule has 0 aromatic heterocycles. The molecule has 0 saturated heterocycles. The van der Waals surface area contributed by atoms with Crippen LogP contribution < -0.4 is 0 Å². The monoisotopic (exact) mass is 680 g/mol. The number of ether oxygens (including phenoxy) is 11. The number of rotatable bonds is 42. The van der Waals surface area contributed by atoms with Crippen molar-refractivity contribution in [2.45, 2.75) is 71.1 Å². The van der Waals surface area contributed by atoms with Gasteiger partial charge in [0, 0.05) is 6.42 Å². The van der Waals surface area contributed by atoms with Crippen LogP contribution in [0.4, 0.5) is 0 Å². The molecule has 0 N–H and O–H groups in total. The van der Waals surface area contributed by atoms with Crippen LogP contribution in [-0.4, -0.2) is 145 Å². The smallest absolute Gasteiger partial charge is 0.305 e. The van der Waals surface area contributed by atoms with Crippen molar-refractivity contribution in [3.63, 3.8) is 0 Å². The Morgan fingerprint density at radius 3 is 1.00 bits per heavy atom. The van der Waals surface area contributed by atoms with Crippen LogP contribution in [-0.2, 0) is 56.9 Å². The molecule has 0 fully saturated rings. The second kappa shape index (κ2) is 42.8. The molecule has 47 heavy (non-hydrogen) atoms. The molecule has 280 valence electrons. The van der Waals surface area contributed by atoms with Gasteiger partial charge in [-0.25, -0.2) is 0 Å². The minimum atomic E-state index is -0.136. The molecular weight excluding hydrogens is 612 g/mol. The normalized spacial score (nSPS) is 11.3. The van der Waals surface area contributed by atoms with Crippen LogP contribution in [0, 0.1) is 0 Å². The summed E-state index contributed by atoms with van der Waals surface area (Å²) >= 11 is 0. The first-order chi connectivity index (χ1) is 23.3. The number of esters is 1. The van der Waals surface area contributed by atoms with Gasteiger partial charge in [-0.2, -0.15) is 0 Å². The highest BCUT2D eigenvalue weighted by Crippen LogP contribution is 2.10. The fourth-order valence-corrected chi connectivity index (χ4v) is 4.01.